The Kier molecular flexibility index (Phi) is 3.33. The fourth-order valence-corrected chi connectivity index (χ4v) is 3.63. The molecule has 1 aliphatic heterocycles. The number of aryl methyl sites for hydroxylation is 1. The van der Waals surface area contributed by atoms with Crippen molar-refractivity contribution in [2.24, 2.45) is 14.1 Å². The van der Waals surface area contributed by atoms with E-state index in [9.17, 15) is 9.59 Å². The predicted octanol–water partition coefficient (Wildman–Crippen LogP) is 0.268. The molecule has 3 rings (SSSR count). The van der Waals surface area contributed by atoms with Crippen LogP contribution in [0.5, 0.6) is 0 Å². The minimum absolute atomic E-state index is 0.348. The average molecular weight is 295 g/mol. The molecule has 0 aromatic carbocycles. The second kappa shape index (κ2) is 5.01. The molecule has 0 amide bonds. The van der Waals surface area contributed by atoms with Crippen molar-refractivity contribution < 1.29 is 0 Å². The number of fused-ring (bicyclic) bond motifs is 1. The van der Waals surface area contributed by atoms with E-state index in [0.717, 1.165) is 11.1 Å². The summed E-state index contributed by atoms with van der Waals surface area (Å²) in [4.78, 5) is 31.1. The van der Waals surface area contributed by atoms with Crippen molar-refractivity contribution in [3.05, 3.63) is 20.8 Å². The highest BCUT2D eigenvalue weighted by Gasteiger charge is 2.17. The second-order valence-electron chi connectivity index (χ2n) is 5.01. The first-order valence-electron chi connectivity index (χ1n) is 6.59. The molecule has 108 valence electrons. The van der Waals surface area contributed by atoms with Gasteiger partial charge in [0.1, 0.15) is 0 Å². The molecule has 0 aliphatic carbocycles. The van der Waals surface area contributed by atoms with Crippen molar-refractivity contribution >= 4 is 28.9 Å². The van der Waals surface area contributed by atoms with Gasteiger partial charge in [-0.15, -0.1) is 0 Å². The van der Waals surface area contributed by atoms with E-state index in [1.54, 1.807) is 7.05 Å². The molecule has 0 radical (unpaired) electrons. The molecule has 8 heteroatoms. The summed E-state index contributed by atoms with van der Waals surface area (Å²) in [5, 5.41) is 3.81. The average Bonchev–Trinajstić information content (AvgIpc) is 3.09. The lowest BCUT2D eigenvalue weighted by atomic mass is 10.2. The number of anilines is 1. The zero-order chi connectivity index (χ0) is 14.3. The summed E-state index contributed by atoms with van der Waals surface area (Å²) < 4.78 is 2.46. The highest BCUT2D eigenvalue weighted by atomic mass is 32.2. The van der Waals surface area contributed by atoms with Gasteiger partial charge in [-0.2, -0.15) is 16.7 Å². The Morgan fingerprint density at radius 1 is 1.40 bits per heavy atom. The third-order valence-electron chi connectivity index (χ3n) is 3.62. The summed E-state index contributed by atoms with van der Waals surface area (Å²) in [6, 6.07) is 0. The third kappa shape index (κ3) is 2.13. The van der Waals surface area contributed by atoms with Crippen molar-refractivity contribution in [3.63, 3.8) is 0 Å². The Morgan fingerprint density at radius 3 is 2.90 bits per heavy atom. The van der Waals surface area contributed by atoms with Gasteiger partial charge in [0.25, 0.3) is 5.56 Å². The topological polar surface area (TPSA) is 84.7 Å². The lowest BCUT2D eigenvalue weighted by Gasteiger charge is -2.08. The standard InChI is InChI=1S/C12H17N5O2S/c1-16-9-8(10(18)17(2)12(16)19)14-11(15-9)13-6-7-4-3-5-20-7/h7H,3-6H2,1-2H3,(H2,13,14,15). The molecule has 0 saturated carbocycles. The Bertz CT molecular complexity index is 754. The van der Waals surface area contributed by atoms with Crippen molar-refractivity contribution in [2.75, 3.05) is 17.6 Å². The van der Waals surface area contributed by atoms with Crippen LogP contribution >= 0.6 is 11.8 Å². The largest absolute Gasteiger partial charge is 0.355 e. The van der Waals surface area contributed by atoms with Crippen LogP contribution in [0.3, 0.4) is 0 Å². The van der Waals surface area contributed by atoms with Crippen LogP contribution in [0, 0.1) is 0 Å². The minimum atomic E-state index is -0.369. The van der Waals surface area contributed by atoms with Gasteiger partial charge in [-0.25, -0.2) is 4.79 Å². The van der Waals surface area contributed by atoms with Gasteiger partial charge < -0.3 is 10.3 Å². The summed E-state index contributed by atoms with van der Waals surface area (Å²) >= 11 is 1.95. The van der Waals surface area contributed by atoms with Crippen LogP contribution in [0.2, 0.25) is 0 Å². The molecule has 1 fully saturated rings. The Hall–Kier alpha value is -1.70. The van der Waals surface area contributed by atoms with Crippen molar-refractivity contribution in [1.29, 1.82) is 0 Å². The molecule has 1 aliphatic rings. The fourth-order valence-electron chi connectivity index (χ4n) is 2.43. The number of hydrogen-bond acceptors (Lipinski definition) is 5. The van der Waals surface area contributed by atoms with Gasteiger partial charge in [-0.3, -0.25) is 13.9 Å². The Morgan fingerprint density at radius 2 is 2.20 bits per heavy atom. The number of H-pyrrole nitrogens is 1. The van der Waals surface area contributed by atoms with Crippen LogP contribution in [0.4, 0.5) is 5.95 Å². The van der Waals surface area contributed by atoms with Gasteiger partial charge in [0.15, 0.2) is 11.2 Å². The molecule has 3 heterocycles. The van der Waals surface area contributed by atoms with Gasteiger partial charge in [0.2, 0.25) is 5.95 Å². The number of thioether (sulfide) groups is 1. The maximum absolute atomic E-state index is 12.0. The first kappa shape index (κ1) is 13.3. The quantitative estimate of drug-likeness (QED) is 0.849. The molecular weight excluding hydrogens is 278 g/mol. The lowest BCUT2D eigenvalue weighted by Crippen LogP contribution is -2.36. The molecule has 7 nitrogen and oxygen atoms in total. The van der Waals surface area contributed by atoms with Crippen molar-refractivity contribution in [1.82, 2.24) is 19.1 Å². The summed E-state index contributed by atoms with van der Waals surface area (Å²) in [5.74, 6) is 1.76. The number of nitrogens with one attached hydrogen (secondary N) is 2. The first-order chi connectivity index (χ1) is 9.58. The van der Waals surface area contributed by atoms with E-state index in [-0.39, 0.29) is 11.2 Å². The zero-order valence-electron chi connectivity index (χ0n) is 11.5. The van der Waals surface area contributed by atoms with E-state index in [0.29, 0.717) is 22.4 Å². The van der Waals surface area contributed by atoms with Gasteiger partial charge in [0, 0.05) is 25.9 Å². The van der Waals surface area contributed by atoms with E-state index in [1.807, 2.05) is 11.8 Å². The summed E-state index contributed by atoms with van der Waals surface area (Å²) in [7, 11) is 3.08. The smallest absolute Gasteiger partial charge is 0.332 e. The Labute approximate surface area is 119 Å². The van der Waals surface area contributed by atoms with Crippen LogP contribution in [0.1, 0.15) is 12.8 Å². The van der Waals surface area contributed by atoms with Gasteiger partial charge in [0.05, 0.1) is 0 Å². The lowest BCUT2D eigenvalue weighted by molar-refractivity contribution is 0.709. The highest BCUT2D eigenvalue weighted by Crippen LogP contribution is 2.26. The van der Waals surface area contributed by atoms with E-state index >= 15 is 0 Å². The van der Waals surface area contributed by atoms with Crippen LogP contribution < -0.4 is 16.6 Å². The summed E-state index contributed by atoms with van der Waals surface area (Å²) in [6.07, 6.45) is 2.46. The maximum atomic E-state index is 12.0. The molecule has 2 aromatic rings. The molecule has 2 N–H and O–H groups in total. The molecule has 2 aromatic heterocycles. The van der Waals surface area contributed by atoms with Crippen molar-refractivity contribution in [2.45, 2.75) is 18.1 Å². The maximum Gasteiger partial charge on any atom is 0.332 e. The predicted molar refractivity (Wildman–Crippen MR) is 80.5 cm³/mol. The number of hydrogen-bond donors (Lipinski definition) is 2. The number of aromatic nitrogens is 4. The van der Waals surface area contributed by atoms with Crippen LogP contribution in [-0.4, -0.2) is 36.6 Å². The van der Waals surface area contributed by atoms with E-state index < -0.39 is 0 Å². The molecule has 0 spiro atoms. The number of aromatic amines is 1. The highest BCUT2D eigenvalue weighted by molar-refractivity contribution is 8.00. The third-order valence-corrected chi connectivity index (χ3v) is 5.01. The van der Waals surface area contributed by atoms with E-state index in [4.69, 9.17) is 0 Å². The number of imidazole rings is 1. The number of nitrogens with zero attached hydrogens (tertiary/aromatic N) is 3. The molecular formula is C12H17N5O2S. The summed E-state index contributed by atoms with van der Waals surface area (Å²) in [5.41, 5.74) is 0.0293. The van der Waals surface area contributed by atoms with Gasteiger partial charge in [-0.05, 0) is 18.6 Å². The van der Waals surface area contributed by atoms with E-state index in [1.165, 1.54) is 30.2 Å². The first-order valence-corrected chi connectivity index (χ1v) is 7.64. The van der Waals surface area contributed by atoms with Gasteiger partial charge in [-0.1, -0.05) is 0 Å². The van der Waals surface area contributed by atoms with Crippen LogP contribution in [-0.2, 0) is 14.1 Å². The Balaban J connectivity index is 1.94. The minimum Gasteiger partial charge on any atom is -0.355 e. The van der Waals surface area contributed by atoms with Crippen LogP contribution in [0.25, 0.3) is 11.2 Å². The van der Waals surface area contributed by atoms with Crippen molar-refractivity contribution in [3.8, 4) is 0 Å². The fraction of sp³-hybridized carbons (Fsp3) is 0.583. The SMILES string of the molecule is Cn1c(=O)c2[nH]c(NCC3CCCS3)nc2n(C)c1=O. The molecule has 1 unspecified atom stereocenters. The van der Waals surface area contributed by atoms with E-state index in [2.05, 4.69) is 15.3 Å². The zero-order valence-corrected chi connectivity index (χ0v) is 12.3. The van der Waals surface area contributed by atoms with Crippen LogP contribution in [0.15, 0.2) is 9.59 Å². The molecule has 20 heavy (non-hydrogen) atoms. The summed E-state index contributed by atoms with van der Waals surface area (Å²) in [6.45, 7) is 0.818. The molecule has 1 atom stereocenters. The molecule has 1 saturated heterocycles. The second-order valence-corrected chi connectivity index (χ2v) is 6.41. The monoisotopic (exact) mass is 295 g/mol. The molecule has 0 bridgehead atoms. The van der Waals surface area contributed by atoms with Gasteiger partial charge >= 0.3 is 5.69 Å². The normalized spacial score (nSPS) is 18.8. The number of rotatable bonds is 3.